The number of aryl methyl sites for hydroxylation is 2. The molecule has 27 heavy (non-hydrogen) atoms. The molecule has 0 saturated carbocycles. The van der Waals surface area contributed by atoms with E-state index in [0.717, 1.165) is 18.7 Å². The van der Waals surface area contributed by atoms with Crippen molar-refractivity contribution in [3.8, 4) is 5.75 Å². The number of aromatic nitrogens is 2. The third-order valence-electron chi connectivity index (χ3n) is 4.15. The second kappa shape index (κ2) is 10.1. The van der Waals surface area contributed by atoms with E-state index in [4.69, 9.17) is 39.5 Å². The van der Waals surface area contributed by atoms with Gasteiger partial charge in [-0.2, -0.15) is 5.10 Å². The Morgan fingerprint density at radius 3 is 2.33 bits per heavy atom. The topological polar surface area (TPSA) is 63.5 Å². The summed E-state index contributed by atoms with van der Waals surface area (Å²) in [7, 11) is 3.68. The van der Waals surface area contributed by atoms with Gasteiger partial charge in [-0.25, -0.2) is 0 Å². The highest BCUT2D eigenvalue weighted by atomic mass is 35.5. The van der Waals surface area contributed by atoms with Crippen LogP contribution in [0.4, 0.5) is 0 Å². The zero-order valence-corrected chi connectivity index (χ0v) is 18.1. The Bertz CT molecular complexity index is 797. The molecule has 0 aliphatic rings. The predicted octanol–water partition coefficient (Wildman–Crippen LogP) is 3.78. The van der Waals surface area contributed by atoms with Crippen LogP contribution in [0.3, 0.4) is 0 Å². The number of hydrogen-bond acceptors (Lipinski definition) is 3. The number of ether oxygens (including phenoxy) is 1. The van der Waals surface area contributed by atoms with E-state index in [0.29, 0.717) is 39.9 Å². The third-order valence-corrected chi connectivity index (χ3v) is 4.93. The summed E-state index contributed by atoms with van der Waals surface area (Å²) >= 11 is 18.1. The number of guanidine groups is 1. The molecule has 2 rings (SSSR count). The zero-order chi connectivity index (χ0) is 20.0. The molecule has 0 bridgehead atoms. The summed E-state index contributed by atoms with van der Waals surface area (Å²) in [5.74, 6) is 1.13. The van der Waals surface area contributed by atoms with E-state index < -0.39 is 0 Å². The minimum atomic E-state index is 0.378. The molecule has 0 saturated heterocycles. The number of nitrogens with zero attached hydrogens (tertiary/aromatic N) is 3. The van der Waals surface area contributed by atoms with Gasteiger partial charge in [-0.05, 0) is 38.0 Å². The summed E-state index contributed by atoms with van der Waals surface area (Å²) in [5, 5.41) is 12.2. The summed E-state index contributed by atoms with van der Waals surface area (Å²) < 4.78 is 7.55. The van der Waals surface area contributed by atoms with Gasteiger partial charge in [0, 0.05) is 31.4 Å². The van der Waals surface area contributed by atoms with Crippen molar-refractivity contribution in [2.24, 2.45) is 12.0 Å². The molecule has 9 heteroatoms. The van der Waals surface area contributed by atoms with E-state index in [-0.39, 0.29) is 0 Å². The van der Waals surface area contributed by atoms with Crippen molar-refractivity contribution in [3.05, 3.63) is 44.2 Å². The van der Waals surface area contributed by atoms with Gasteiger partial charge in [0.2, 0.25) is 0 Å². The quantitative estimate of drug-likeness (QED) is 0.397. The standard InChI is InChI=1S/C18H24Cl3N5O/c1-11-14(12(2)26(4)25-11)5-6-23-18(22-3)24-7-8-27-17-15(20)9-13(19)10-16(17)21/h9-10H,5-8H2,1-4H3,(H2,22,23,24). The fraction of sp³-hybridized carbons (Fsp3) is 0.444. The highest BCUT2D eigenvalue weighted by molar-refractivity contribution is 6.40. The zero-order valence-electron chi connectivity index (χ0n) is 15.9. The Labute approximate surface area is 174 Å². The first-order valence-electron chi connectivity index (χ1n) is 8.54. The molecule has 0 unspecified atom stereocenters. The van der Waals surface area contributed by atoms with E-state index in [1.807, 2.05) is 18.7 Å². The first-order chi connectivity index (χ1) is 12.8. The molecule has 0 spiro atoms. The van der Waals surface area contributed by atoms with Crippen molar-refractivity contribution in [3.63, 3.8) is 0 Å². The van der Waals surface area contributed by atoms with E-state index in [1.165, 1.54) is 11.3 Å². The number of nitrogens with one attached hydrogen (secondary N) is 2. The lowest BCUT2D eigenvalue weighted by Gasteiger charge is -2.14. The van der Waals surface area contributed by atoms with E-state index in [2.05, 4.69) is 27.6 Å². The predicted molar refractivity (Wildman–Crippen MR) is 113 cm³/mol. The highest BCUT2D eigenvalue weighted by Crippen LogP contribution is 2.35. The van der Waals surface area contributed by atoms with Crippen molar-refractivity contribution in [1.29, 1.82) is 0 Å². The molecule has 2 N–H and O–H groups in total. The van der Waals surface area contributed by atoms with Crippen molar-refractivity contribution >= 4 is 40.8 Å². The molecule has 0 aliphatic carbocycles. The Morgan fingerprint density at radius 2 is 1.78 bits per heavy atom. The maximum Gasteiger partial charge on any atom is 0.191 e. The van der Waals surface area contributed by atoms with Crippen LogP contribution in [-0.4, -0.2) is 42.5 Å². The van der Waals surface area contributed by atoms with Gasteiger partial charge in [0.1, 0.15) is 6.61 Å². The molecule has 0 fully saturated rings. The van der Waals surface area contributed by atoms with Crippen LogP contribution in [0.25, 0.3) is 0 Å². The van der Waals surface area contributed by atoms with Crippen LogP contribution in [0.1, 0.15) is 17.0 Å². The molecule has 1 aromatic heterocycles. The van der Waals surface area contributed by atoms with Crippen LogP contribution in [-0.2, 0) is 13.5 Å². The van der Waals surface area contributed by atoms with Crippen molar-refractivity contribution < 1.29 is 4.74 Å². The molecule has 148 valence electrons. The molecule has 0 aliphatic heterocycles. The minimum absolute atomic E-state index is 0.378. The van der Waals surface area contributed by atoms with Crippen molar-refractivity contribution in [2.75, 3.05) is 26.7 Å². The number of benzene rings is 1. The summed E-state index contributed by atoms with van der Waals surface area (Å²) in [5.41, 5.74) is 3.50. The van der Waals surface area contributed by atoms with Gasteiger partial charge in [0.25, 0.3) is 0 Å². The van der Waals surface area contributed by atoms with Gasteiger partial charge < -0.3 is 15.4 Å². The van der Waals surface area contributed by atoms with Gasteiger partial charge >= 0.3 is 0 Å². The van der Waals surface area contributed by atoms with Crippen LogP contribution < -0.4 is 15.4 Å². The Morgan fingerprint density at radius 1 is 1.15 bits per heavy atom. The van der Waals surface area contributed by atoms with Crippen LogP contribution in [0.2, 0.25) is 15.1 Å². The van der Waals surface area contributed by atoms with Gasteiger partial charge in [-0.15, -0.1) is 0 Å². The Hall–Kier alpha value is -1.63. The molecule has 2 aromatic rings. The van der Waals surface area contributed by atoms with Crippen LogP contribution in [0, 0.1) is 13.8 Å². The van der Waals surface area contributed by atoms with Gasteiger partial charge in [-0.1, -0.05) is 34.8 Å². The average molecular weight is 433 g/mol. The van der Waals surface area contributed by atoms with E-state index in [9.17, 15) is 0 Å². The summed E-state index contributed by atoms with van der Waals surface area (Å²) in [6.45, 7) is 5.78. The smallest absolute Gasteiger partial charge is 0.191 e. The lowest BCUT2D eigenvalue weighted by atomic mass is 10.1. The second-order valence-corrected chi connectivity index (χ2v) is 7.25. The van der Waals surface area contributed by atoms with Gasteiger partial charge in [-0.3, -0.25) is 9.67 Å². The highest BCUT2D eigenvalue weighted by Gasteiger charge is 2.10. The molecule has 1 heterocycles. The van der Waals surface area contributed by atoms with Crippen molar-refractivity contribution in [2.45, 2.75) is 20.3 Å². The molecule has 1 aromatic carbocycles. The van der Waals surface area contributed by atoms with Crippen LogP contribution >= 0.6 is 34.8 Å². The minimum Gasteiger partial charge on any atom is -0.489 e. The molecular formula is C18H24Cl3N5O. The summed E-state index contributed by atoms with van der Waals surface area (Å²) in [6, 6.07) is 3.20. The third kappa shape index (κ3) is 5.92. The molecular weight excluding hydrogens is 409 g/mol. The lowest BCUT2D eigenvalue weighted by Crippen LogP contribution is -2.40. The van der Waals surface area contributed by atoms with E-state index >= 15 is 0 Å². The fourth-order valence-corrected chi connectivity index (χ4v) is 3.62. The van der Waals surface area contributed by atoms with Crippen LogP contribution in [0.5, 0.6) is 5.75 Å². The molecule has 0 atom stereocenters. The van der Waals surface area contributed by atoms with Gasteiger partial charge in [0.05, 0.1) is 22.3 Å². The monoisotopic (exact) mass is 431 g/mol. The number of rotatable bonds is 7. The number of halogens is 3. The SMILES string of the molecule is CN=C(NCCOc1c(Cl)cc(Cl)cc1Cl)NCCc1c(C)nn(C)c1C. The largest absolute Gasteiger partial charge is 0.489 e. The van der Waals surface area contributed by atoms with Crippen LogP contribution in [0.15, 0.2) is 17.1 Å². The first-order valence-corrected chi connectivity index (χ1v) is 9.67. The van der Waals surface area contributed by atoms with E-state index in [1.54, 1.807) is 19.2 Å². The summed E-state index contributed by atoms with van der Waals surface area (Å²) in [6.07, 6.45) is 0.874. The first kappa shape index (κ1) is 21.7. The molecule has 0 radical (unpaired) electrons. The summed E-state index contributed by atoms with van der Waals surface area (Å²) in [4.78, 5) is 4.21. The molecule has 0 amide bonds. The van der Waals surface area contributed by atoms with Gasteiger partial charge in [0.15, 0.2) is 11.7 Å². The Kier molecular flexibility index (Phi) is 8.07. The van der Waals surface area contributed by atoms with Crippen molar-refractivity contribution in [1.82, 2.24) is 20.4 Å². The Balaban J connectivity index is 1.76. The second-order valence-electron chi connectivity index (χ2n) is 6.00. The number of hydrogen-bond donors (Lipinski definition) is 2. The fourth-order valence-electron chi connectivity index (χ4n) is 2.70. The average Bonchev–Trinajstić information content (AvgIpc) is 2.84. The molecule has 6 nitrogen and oxygen atoms in total. The maximum atomic E-state index is 6.10. The lowest BCUT2D eigenvalue weighted by molar-refractivity contribution is 0.322. The normalized spacial score (nSPS) is 11.6. The number of aliphatic imine (C=N–C) groups is 1. The maximum absolute atomic E-state index is 6.10.